The third kappa shape index (κ3) is 4.00. The van der Waals surface area contributed by atoms with Gasteiger partial charge < -0.3 is 14.2 Å². The van der Waals surface area contributed by atoms with Crippen molar-refractivity contribution < 1.29 is 14.1 Å². The molecule has 0 aliphatic carbocycles. The third-order valence-electron chi connectivity index (χ3n) is 4.48. The highest BCUT2D eigenvalue weighted by atomic mass is 16.5. The van der Waals surface area contributed by atoms with Gasteiger partial charge in [0.05, 0.1) is 6.42 Å². The van der Waals surface area contributed by atoms with Crippen LogP contribution in [0.4, 0.5) is 0 Å². The van der Waals surface area contributed by atoms with Gasteiger partial charge >= 0.3 is 0 Å². The number of carbonyl (C=O) groups excluding carboxylic acids is 1. The van der Waals surface area contributed by atoms with Crippen LogP contribution in [-0.4, -0.2) is 35.2 Å². The first-order chi connectivity index (χ1) is 12.1. The first-order valence-electron chi connectivity index (χ1n) is 8.43. The molecule has 0 spiro atoms. The average molecular weight is 339 g/mol. The summed E-state index contributed by atoms with van der Waals surface area (Å²) in [5, 5.41) is 12.9. The van der Waals surface area contributed by atoms with Crippen molar-refractivity contribution in [2.24, 2.45) is 0 Å². The third-order valence-corrected chi connectivity index (χ3v) is 4.48. The summed E-state index contributed by atoms with van der Waals surface area (Å²) >= 11 is 0. The lowest BCUT2D eigenvalue weighted by molar-refractivity contribution is -0.132. The molecule has 1 aliphatic rings. The maximum atomic E-state index is 12.4. The van der Waals surface area contributed by atoms with E-state index < -0.39 is 0 Å². The number of piperidine rings is 1. The molecule has 6 heteroatoms. The highest BCUT2D eigenvalue weighted by Gasteiger charge is 2.25. The standard InChI is InChI=1S/C19H21N3O3/c1-13-3-5-15(6-4-13)24-16-7-9-22(10-8-16)19(23)11-18-17(12-20)14(2)25-21-18/h3-6,16H,7-11H2,1-2H3. The van der Waals surface area contributed by atoms with Crippen molar-refractivity contribution in [3.05, 3.63) is 46.8 Å². The fourth-order valence-electron chi connectivity index (χ4n) is 2.97. The number of ether oxygens (including phenoxy) is 1. The molecule has 1 aromatic heterocycles. The Hall–Kier alpha value is -2.81. The van der Waals surface area contributed by atoms with E-state index in [1.54, 1.807) is 11.8 Å². The second kappa shape index (κ2) is 7.39. The van der Waals surface area contributed by atoms with Gasteiger partial charge in [0.25, 0.3) is 0 Å². The molecule has 1 saturated heterocycles. The lowest BCUT2D eigenvalue weighted by atomic mass is 10.1. The summed E-state index contributed by atoms with van der Waals surface area (Å²) in [6.07, 6.45) is 1.81. The Morgan fingerprint density at radius 3 is 2.64 bits per heavy atom. The molecule has 0 radical (unpaired) electrons. The minimum atomic E-state index is -0.0291. The number of carbonyl (C=O) groups is 1. The first-order valence-corrected chi connectivity index (χ1v) is 8.43. The summed E-state index contributed by atoms with van der Waals surface area (Å²) < 4.78 is 11.0. The van der Waals surface area contributed by atoms with Crippen LogP contribution in [0.1, 0.15) is 35.4 Å². The summed E-state index contributed by atoms with van der Waals surface area (Å²) in [5.41, 5.74) is 1.99. The Labute approximate surface area is 147 Å². The topological polar surface area (TPSA) is 79.4 Å². The second-order valence-corrected chi connectivity index (χ2v) is 6.36. The highest BCUT2D eigenvalue weighted by molar-refractivity contribution is 5.79. The molecule has 2 heterocycles. The van der Waals surface area contributed by atoms with Gasteiger partial charge in [0.15, 0.2) is 5.76 Å². The molecule has 1 aliphatic heterocycles. The van der Waals surface area contributed by atoms with Crippen LogP contribution >= 0.6 is 0 Å². The largest absolute Gasteiger partial charge is 0.490 e. The van der Waals surface area contributed by atoms with Gasteiger partial charge in [-0.1, -0.05) is 22.9 Å². The van der Waals surface area contributed by atoms with Crippen LogP contribution in [0, 0.1) is 25.2 Å². The van der Waals surface area contributed by atoms with E-state index in [0.29, 0.717) is 30.1 Å². The number of hydrogen-bond donors (Lipinski definition) is 0. The molecule has 6 nitrogen and oxygen atoms in total. The maximum Gasteiger partial charge on any atom is 0.228 e. The van der Waals surface area contributed by atoms with Gasteiger partial charge in [-0.3, -0.25) is 4.79 Å². The molecule has 25 heavy (non-hydrogen) atoms. The molecule has 0 unspecified atom stereocenters. The van der Waals surface area contributed by atoms with Gasteiger partial charge in [0.1, 0.15) is 29.2 Å². The number of hydrogen-bond acceptors (Lipinski definition) is 5. The molecule has 0 bridgehead atoms. The molecular weight excluding hydrogens is 318 g/mol. The molecule has 0 N–H and O–H groups in total. The van der Waals surface area contributed by atoms with Gasteiger partial charge in [0, 0.05) is 25.9 Å². The van der Waals surface area contributed by atoms with Crippen LogP contribution < -0.4 is 4.74 Å². The zero-order valence-corrected chi connectivity index (χ0v) is 14.5. The van der Waals surface area contributed by atoms with Gasteiger partial charge in [0.2, 0.25) is 5.91 Å². The molecule has 0 atom stereocenters. The SMILES string of the molecule is Cc1ccc(OC2CCN(C(=O)Cc3noc(C)c3C#N)CC2)cc1. The molecule has 2 aromatic rings. The van der Waals surface area contributed by atoms with Crippen molar-refractivity contribution in [1.82, 2.24) is 10.1 Å². The summed E-state index contributed by atoms with van der Waals surface area (Å²) in [5.74, 6) is 1.29. The zero-order chi connectivity index (χ0) is 17.8. The monoisotopic (exact) mass is 339 g/mol. The minimum absolute atomic E-state index is 0.0291. The number of nitriles is 1. The fraction of sp³-hybridized carbons (Fsp3) is 0.421. The molecule has 130 valence electrons. The second-order valence-electron chi connectivity index (χ2n) is 6.36. The van der Waals surface area contributed by atoms with Gasteiger partial charge in [-0.15, -0.1) is 0 Å². The van der Waals surface area contributed by atoms with E-state index in [4.69, 9.17) is 14.5 Å². The molecule has 0 saturated carbocycles. The predicted octanol–water partition coefficient (Wildman–Crippen LogP) is 2.78. The van der Waals surface area contributed by atoms with Crippen molar-refractivity contribution in [3.63, 3.8) is 0 Å². The number of nitrogens with zero attached hydrogens (tertiary/aromatic N) is 3. The number of rotatable bonds is 4. The van der Waals surface area contributed by atoms with Crippen LogP contribution in [0.3, 0.4) is 0 Å². The Bertz CT molecular complexity index is 781. The van der Waals surface area contributed by atoms with Crippen LogP contribution in [-0.2, 0) is 11.2 Å². The van der Waals surface area contributed by atoms with Crippen LogP contribution in [0.5, 0.6) is 5.75 Å². The van der Waals surface area contributed by atoms with E-state index in [9.17, 15) is 4.79 Å². The number of likely N-dealkylation sites (tertiary alicyclic amines) is 1. The zero-order valence-electron chi connectivity index (χ0n) is 14.5. The number of benzene rings is 1. The summed E-state index contributed by atoms with van der Waals surface area (Å²) in [7, 11) is 0. The Balaban J connectivity index is 1.52. The predicted molar refractivity (Wildman–Crippen MR) is 91.1 cm³/mol. The Morgan fingerprint density at radius 1 is 1.32 bits per heavy atom. The van der Waals surface area contributed by atoms with Crippen molar-refractivity contribution >= 4 is 5.91 Å². The van der Waals surface area contributed by atoms with E-state index in [1.165, 1.54) is 5.56 Å². The van der Waals surface area contributed by atoms with E-state index in [1.807, 2.05) is 37.3 Å². The minimum Gasteiger partial charge on any atom is -0.490 e. The number of aromatic nitrogens is 1. The molecule has 1 fully saturated rings. The number of aryl methyl sites for hydroxylation is 2. The van der Waals surface area contributed by atoms with Crippen molar-refractivity contribution in [3.8, 4) is 11.8 Å². The summed E-state index contributed by atoms with van der Waals surface area (Å²) in [6.45, 7) is 5.01. The van der Waals surface area contributed by atoms with Gasteiger partial charge in [-0.05, 0) is 26.0 Å². The van der Waals surface area contributed by atoms with E-state index in [0.717, 1.165) is 18.6 Å². The quantitative estimate of drug-likeness (QED) is 0.856. The van der Waals surface area contributed by atoms with Crippen LogP contribution in [0.25, 0.3) is 0 Å². The summed E-state index contributed by atoms with van der Waals surface area (Å²) in [6, 6.07) is 10.1. The van der Waals surface area contributed by atoms with Crippen LogP contribution in [0.2, 0.25) is 0 Å². The van der Waals surface area contributed by atoms with E-state index in [2.05, 4.69) is 5.16 Å². The van der Waals surface area contributed by atoms with Gasteiger partial charge in [-0.25, -0.2) is 0 Å². The van der Waals surface area contributed by atoms with Crippen LogP contribution in [0.15, 0.2) is 28.8 Å². The fourth-order valence-corrected chi connectivity index (χ4v) is 2.97. The lowest BCUT2D eigenvalue weighted by Gasteiger charge is -2.32. The molecule has 1 amide bonds. The number of amides is 1. The summed E-state index contributed by atoms with van der Waals surface area (Å²) in [4.78, 5) is 14.2. The van der Waals surface area contributed by atoms with Crippen molar-refractivity contribution in [2.45, 2.75) is 39.2 Å². The first kappa shape index (κ1) is 17.0. The van der Waals surface area contributed by atoms with Crippen molar-refractivity contribution in [1.29, 1.82) is 5.26 Å². The molecule has 3 rings (SSSR count). The highest BCUT2D eigenvalue weighted by Crippen LogP contribution is 2.20. The van der Waals surface area contributed by atoms with Gasteiger partial charge in [-0.2, -0.15) is 5.26 Å². The Morgan fingerprint density at radius 2 is 2.00 bits per heavy atom. The van der Waals surface area contributed by atoms with Crippen molar-refractivity contribution in [2.75, 3.05) is 13.1 Å². The normalized spacial score (nSPS) is 15.0. The smallest absolute Gasteiger partial charge is 0.228 e. The Kier molecular flexibility index (Phi) is 5.03. The van der Waals surface area contributed by atoms with E-state index in [-0.39, 0.29) is 18.4 Å². The molecular formula is C19H21N3O3. The average Bonchev–Trinajstić information content (AvgIpc) is 2.97. The molecule has 1 aromatic carbocycles. The van der Waals surface area contributed by atoms with E-state index >= 15 is 0 Å². The lowest BCUT2D eigenvalue weighted by Crippen LogP contribution is -2.42. The maximum absolute atomic E-state index is 12.4.